The number of halogens is 2. The maximum Gasteiger partial charge on any atom is 0.410 e. The molecule has 4 aliphatic rings. The van der Waals surface area contributed by atoms with Gasteiger partial charge in [-0.15, -0.1) is 0 Å². The van der Waals surface area contributed by atoms with Crippen molar-refractivity contribution < 1.29 is 19.1 Å². The Morgan fingerprint density at radius 3 is 1.75 bits per heavy atom. The van der Waals surface area contributed by atoms with E-state index in [0.717, 1.165) is 28.7 Å². The Balaban J connectivity index is 0.000000175. The van der Waals surface area contributed by atoms with E-state index in [1.807, 2.05) is 56.7 Å². The van der Waals surface area contributed by atoms with Crippen molar-refractivity contribution in [2.45, 2.75) is 90.5 Å². The first-order chi connectivity index (χ1) is 20.5. The minimum atomic E-state index is -0.487. The second-order valence-corrected chi connectivity index (χ2v) is 16.1. The molecule has 12 heteroatoms. The summed E-state index contributed by atoms with van der Waals surface area (Å²) in [5.74, 6) is 1.01. The standard InChI is InChI=1S/2C16H21BrN2O3/c1-16(2,3)22-15(21)18-7-10-6-11(9-18)14-12(17)4-5-13(20)19(14)8-10;1-16(2,3)22-15(21)18-7-10-6-11(9-18)13-5-4-12(17)14(20)19(13)8-10/h2*4-5,10-11H,6-9H2,1-3H3. The predicted octanol–water partition coefficient (Wildman–Crippen LogP) is 5.93. The molecule has 2 aromatic rings. The first-order valence-corrected chi connectivity index (χ1v) is 16.8. The average molecular weight is 739 g/mol. The van der Waals surface area contributed by atoms with Crippen LogP contribution < -0.4 is 11.1 Å². The van der Waals surface area contributed by atoms with Gasteiger partial charge in [0.25, 0.3) is 11.1 Å². The second kappa shape index (κ2) is 12.3. The number of hydrogen-bond acceptors (Lipinski definition) is 6. The van der Waals surface area contributed by atoms with Crippen LogP contribution in [0.4, 0.5) is 9.59 Å². The Hall–Kier alpha value is -2.60. The molecule has 44 heavy (non-hydrogen) atoms. The summed E-state index contributed by atoms with van der Waals surface area (Å²) in [4.78, 5) is 52.6. The van der Waals surface area contributed by atoms with Crippen molar-refractivity contribution in [1.29, 1.82) is 0 Å². The highest BCUT2D eigenvalue weighted by Crippen LogP contribution is 2.39. The molecule has 4 atom stereocenters. The van der Waals surface area contributed by atoms with Crippen LogP contribution >= 0.6 is 31.9 Å². The number of carbonyl (C=O) groups is 2. The predicted molar refractivity (Wildman–Crippen MR) is 174 cm³/mol. The first kappa shape index (κ1) is 32.8. The molecule has 0 N–H and O–H groups in total. The molecule has 10 nitrogen and oxygen atoms in total. The molecule has 240 valence electrons. The lowest BCUT2D eigenvalue weighted by atomic mass is 9.83. The minimum absolute atomic E-state index is 0.0259. The fourth-order valence-corrected chi connectivity index (χ4v) is 7.85. The molecule has 2 aromatic heterocycles. The number of hydrogen-bond donors (Lipinski definition) is 0. The largest absolute Gasteiger partial charge is 0.444 e. The highest BCUT2D eigenvalue weighted by molar-refractivity contribution is 9.10. The molecule has 2 fully saturated rings. The first-order valence-electron chi connectivity index (χ1n) is 15.2. The van der Waals surface area contributed by atoms with Crippen LogP contribution in [0.15, 0.2) is 42.8 Å². The van der Waals surface area contributed by atoms with Crippen molar-refractivity contribution in [3.05, 3.63) is 65.3 Å². The highest BCUT2D eigenvalue weighted by Gasteiger charge is 2.39. The maximum absolute atomic E-state index is 12.3. The monoisotopic (exact) mass is 736 g/mol. The Bertz CT molecular complexity index is 1550. The van der Waals surface area contributed by atoms with E-state index >= 15 is 0 Å². The maximum atomic E-state index is 12.3. The van der Waals surface area contributed by atoms with Crippen LogP contribution in [0.5, 0.6) is 0 Å². The van der Waals surface area contributed by atoms with Gasteiger partial charge in [-0.3, -0.25) is 9.59 Å². The van der Waals surface area contributed by atoms with Crippen LogP contribution in [-0.4, -0.2) is 68.5 Å². The Morgan fingerprint density at radius 1 is 0.682 bits per heavy atom. The quantitative estimate of drug-likeness (QED) is 0.332. The molecule has 0 saturated carbocycles. The summed E-state index contributed by atoms with van der Waals surface area (Å²) in [6.07, 6.45) is 1.53. The van der Waals surface area contributed by atoms with Crippen LogP contribution in [0.25, 0.3) is 0 Å². The summed E-state index contributed by atoms with van der Waals surface area (Å²) >= 11 is 6.86. The molecule has 2 amide bonds. The Labute approximate surface area is 274 Å². The summed E-state index contributed by atoms with van der Waals surface area (Å²) in [5, 5.41) is 0. The molecule has 0 radical (unpaired) electrons. The van der Waals surface area contributed by atoms with E-state index in [0.29, 0.717) is 55.6 Å². The lowest BCUT2D eigenvalue weighted by molar-refractivity contribution is 0.00928. The van der Waals surface area contributed by atoms with Gasteiger partial charge in [0.15, 0.2) is 0 Å². The van der Waals surface area contributed by atoms with Gasteiger partial charge in [-0.1, -0.05) is 0 Å². The van der Waals surface area contributed by atoms with Gasteiger partial charge >= 0.3 is 12.2 Å². The third kappa shape index (κ3) is 7.27. The van der Waals surface area contributed by atoms with Crippen LogP contribution in [0.3, 0.4) is 0 Å². The summed E-state index contributed by atoms with van der Waals surface area (Å²) in [7, 11) is 0. The lowest BCUT2D eigenvalue weighted by Gasteiger charge is -2.43. The van der Waals surface area contributed by atoms with Crippen molar-refractivity contribution >= 4 is 44.0 Å². The molecular formula is C32H42Br2N4O6. The fourth-order valence-electron chi connectivity index (χ4n) is 6.83. The third-order valence-electron chi connectivity index (χ3n) is 8.40. The van der Waals surface area contributed by atoms with Gasteiger partial charge in [-0.25, -0.2) is 9.59 Å². The van der Waals surface area contributed by atoms with Crippen molar-refractivity contribution in [2.24, 2.45) is 11.8 Å². The zero-order chi connectivity index (χ0) is 32.1. The molecule has 4 unspecified atom stereocenters. The normalized spacial score (nSPS) is 23.9. The summed E-state index contributed by atoms with van der Waals surface area (Å²) < 4.78 is 16.2. The Kier molecular flexibility index (Phi) is 9.17. The fraction of sp³-hybridized carbons (Fsp3) is 0.625. The molecule has 6 rings (SSSR count). The van der Waals surface area contributed by atoms with E-state index in [2.05, 4.69) is 31.9 Å². The van der Waals surface area contributed by atoms with E-state index in [4.69, 9.17) is 9.47 Å². The van der Waals surface area contributed by atoms with Crippen molar-refractivity contribution in [3.8, 4) is 0 Å². The van der Waals surface area contributed by atoms with Gasteiger partial charge in [0.05, 0.1) is 4.47 Å². The molecule has 0 spiro atoms. The molecular weight excluding hydrogens is 696 g/mol. The highest BCUT2D eigenvalue weighted by atomic mass is 79.9. The second-order valence-electron chi connectivity index (χ2n) is 14.4. The van der Waals surface area contributed by atoms with E-state index in [1.54, 1.807) is 28.0 Å². The number of piperidine rings is 2. The summed E-state index contributed by atoms with van der Waals surface area (Å²) in [6, 6.07) is 7.20. The smallest absolute Gasteiger partial charge is 0.410 e. The number of nitrogens with zero attached hydrogens (tertiary/aromatic N) is 4. The van der Waals surface area contributed by atoms with E-state index < -0.39 is 11.2 Å². The van der Waals surface area contributed by atoms with Crippen LogP contribution in [0, 0.1) is 11.8 Å². The summed E-state index contributed by atoms with van der Waals surface area (Å²) in [5.41, 5.74) is 1.13. The lowest BCUT2D eigenvalue weighted by Crippen LogP contribution is -2.50. The van der Waals surface area contributed by atoms with Gasteiger partial charge in [0.1, 0.15) is 11.2 Å². The molecule has 6 heterocycles. The molecule has 0 aliphatic carbocycles. The average Bonchev–Trinajstić information content (AvgIpc) is 2.91. The molecule has 4 bridgehead atoms. The number of likely N-dealkylation sites (tertiary alicyclic amines) is 2. The SMILES string of the molecule is CC(C)(C)OC(=O)N1CC2CC(C1)c1c(Br)ccc(=O)n1C2.CC(C)(C)OC(=O)N1CC2CC(C1)c1ccc(Br)c(=O)n1C2. The molecule has 4 aliphatic heterocycles. The number of ether oxygens (including phenoxy) is 2. The topological polar surface area (TPSA) is 103 Å². The van der Waals surface area contributed by atoms with Gasteiger partial charge in [0, 0.05) is 73.0 Å². The van der Waals surface area contributed by atoms with Gasteiger partial charge in [-0.2, -0.15) is 0 Å². The van der Waals surface area contributed by atoms with Crippen LogP contribution in [0.2, 0.25) is 0 Å². The van der Waals surface area contributed by atoms with E-state index in [1.165, 1.54) is 0 Å². The number of aromatic nitrogens is 2. The zero-order valence-corrected chi connectivity index (χ0v) is 29.4. The number of pyridine rings is 2. The third-order valence-corrected chi connectivity index (χ3v) is 9.67. The number of fused-ring (bicyclic) bond motifs is 8. The van der Waals surface area contributed by atoms with E-state index in [9.17, 15) is 19.2 Å². The Morgan fingerprint density at radius 2 is 1.18 bits per heavy atom. The van der Waals surface area contributed by atoms with Crippen molar-refractivity contribution in [2.75, 3.05) is 26.2 Å². The van der Waals surface area contributed by atoms with E-state index in [-0.39, 0.29) is 35.1 Å². The van der Waals surface area contributed by atoms with Gasteiger partial charge in [0.2, 0.25) is 0 Å². The zero-order valence-electron chi connectivity index (χ0n) is 26.3. The molecule has 2 saturated heterocycles. The van der Waals surface area contributed by atoms with Crippen molar-refractivity contribution in [3.63, 3.8) is 0 Å². The minimum Gasteiger partial charge on any atom is -0.444 e. The van der Waals surface area contributed by atoms with Crippen LogP contribution in [-0.2, 0) is 22.6 Å². The molecule has 0 aromatic carbocycles. The van der Waals surface area contributed by atoms with Crippen molar-refractivity contribution in [1.82, 2.24) is 18.9 Å². The summed E-state index contributed by atoms with van der Waals surface area (Å²) in [6.45, 7) is 15.1. The number of rotatable bonds is 0. The van der Waals surface area contributed by atoms with Gasteiger partial charge < -0.3 is 28.4 Å². The van der Waals surface area contributed by atoms with Gasteiger partial charge in [-0.05, 0) is 116 Å². The van der Waals surface area contributed by atoms with Crippen LogP contribution in [0.1, 0.15) is 77.6 Å². The number of amides is 2. The number of carbonyl (C=O) groups excluding carboxylic acids is 2.